The molecule has 27 heavy (non-hydrogen) atoms. The third-order valence-corrected chi connectivity index (χ3v) is 4.95. The second-order valence-electron chi connectivity index (χ2n) is 5.81. The van der Waals surface area contributed by atoms with Crippen molar-refractivity contribution in [2.75, 3.05) is 46.6 Å². The fraction of sp³-hybridized carbons (Fsp3) is 0.526. The lowest BCUT2D eigenvalue weighted by molar-refractivity contribution is 0.0698. The van der Waals surface area contributed by atoms with Crippen molar-refractivity contribution in [2.45, 2.75) is 19.4 Å². The topological polar surface area (TPSA) is 75.1 Å². The van der Waals surface area contributed by atoms with Gasteiger partial charge < -0.3 is 25.2 Å². The molecule has 0 fully saturated rings. The lowest BCUT2D eigenvalue weighted by Crippen LogP contribution is -2.38. The summed E-state index contributed by atoms with van der Waals surface area (Å²) in [6, 6.07) is 10.2. The minimum absolute atomic E-state index is 0. The molecule has 0 saturated heterocycles. The van der Waals surface area contributed by atoms with Crippen molar-refractivity contribution in [1.82, 2.24) is 10.6 Å². The standard InChI is InChI=1S/C19H29N3O3S.HI/c1-3-20-19(21-9-6-10-25-12-11-24-2)22-14-16(23)18-13-15-7-4-5-8-17(15)26-18;/h4-5,7-8,13,16,23H,3,6,9-12,14H2,1-2H3,(H2,20,21,22);1H. The molecule has 8 heteroatoms. The van der Waals surface area contributed by atoms with Gasteiger partial charge in [0.05, 0.1) is 19.8 Å². The van der Waals surface area contributed by atoms with Crippen LogP contribution in [-0.2, 0) is 9.47 Å². The highest BCUT2D eigenvalue weighted by molar-refractivity contribution is 14.0. The van der Waals surface area contributed by atoms with E-state index in [-0.39, 0.29) is 24.0 Å². The second-order valence-corrected chi connectivity index (χ2v) is 6.92. The van der Waals surface area contributed by atoms with Crippen molar-refractivity contribution in [1.29, 1.82) is 0 Å². The van der Waals surface area contributed by atoms with Gasteiger partial charge in [-0.3, -0.25) is 4.99 Å². The van der Waals surface area contributed by atoms with E-state index in [1.165, 1.54) is 4.70 Å². The molecule has 0 bridgehead atoms. The number of aliphatic hydroxyl groups excluding tert-OH is 1. The van der Waals surface area contributed by atoms with Crippen LogP contribution in [0.2, 0.25) is 0 Å². The SMILES string of the molecule is CCNC(=NCC(O)c1cc2ccccc2s1)NCCCOCCOC.I. The van der Waals surface area contributed by atoms with Crippen LogP contribution in [0.15, 0.2) is 35.3 Å². The summed E-state index contributed by atoms with van der Waals surface area (Å²) in [5.41, 5.74) is 0. The summed E-state index contributed by atoms with van der Waals surface area (Å²) in [4.78, 5) is 5.44. The molecule has 0 aliphatic carbocycles. The number of aliphatic hydroxyl groups is 1. The Kier molecular flexibility index (Phi) is 12.6. The highest BCUT2D eigenvalue weighted by Gasteiger charge is 2.11. The molecule has 1 heterocycles. The molecule has 3 N–H and O–H groups in total. The molecule has 0 radical (unpaired) electrons. The maximum absolute atomic E-state index is 10.4. The summed E-state index contributed by atoms with van der Waals surface area (Å²) in [6.07, 6.45) is 0.285. The normalized spacial score (nSPS) is 12.6. The Balaban J connectivity index is 0.00000364. The molecule has 0 amide bonds. The molecule has 0 spiro atoms. The molecule has 0 aliphatic rings. The summed E-state index contributed by atoms with van der Waals surface area (Å²) in [7, 11) is 1.66. The van der Waals surface area contributed by atoms with Crippen LogP contribution in [0.5, 0.6) is 0 Å². The Morgan fingerprint density at radius 3 is 2.78 bits per heavy atom. The minimum atomic E-state index is -0.597. The van der Waals surface area contributed by atoms with Gasteiger partial charge in [-0.15, -0.1) is 35.3 Å². The molecule has 1 unspecified atom stereocenters. The average Bonchev–Trinajstić information content (AvgIpc) is 3.09. The fourth-order valence-electron chi connectivity index (χ4n) is 2.40. The van der Waals surface area contributed by atoms with Gasteiger partial charge in [-0.2, -0.15) is 0 Å². The van der Waals surface area contributed by atoms with Gasteiger partial charge in [0, 0.05) is 36.4 Å². The van der Waals surface area contributed by atoms with Gasteiger partial charge in [-0.05, 0) is 30.9 Å². The zero-order valence-corrected chi connectivity index (χ0v) is 19.1. The van der Waals surface area contributed by atoms with E-state index in [0.29, 0.717) is 32.3 Å². The minimum Gasteiger partial charge on any atom is -0.386 e. The van der Waals surface area contributed by atoms with E-state index in [1.54, 1.807) is 18.4 Å². The van der Waals surface area contributed by atoms with Crippen molar-refractivity contribution < 1.29 is 14.6 Å². The summed E-state index contributed by atoms with van der Waals surface area (Å²) in [5, 5.41) is 18.1. The predicted octanol–water partition coefficient (Wildman–Crippen LogP) is 3.16. The number of aliphatic imine (C=N–C) groups is 1. The Labute approximate surface area is 182 Å². The van der Waals surface area contributed by atoms with Crippen LogP contribution in [0.1, 0.15) is 24.3 Å². The van der Waals surface area contributed by atoms with E-state index in [4.69, 9.17) is 9.47 Å². The first-order chi connectivity index (χ1) is 12.7. The molecule has 1 atom stereocenters. The van der Waals surface area contributed by atoms with Crippen molar-refractivity contribution >= 4 is 51.4 Å². The number of nitrogens with zero attached hydrogens (tertiary/aromatic N) is 1. The van der Waals surface area contributed by atoms with Crippen LogP contribution in [0.3, 0.4) is 0 Å². The Bertz CT molecular complexity index is 648. The summed E-state index contributed by atoms with van der Waals surface area (Å²) >= 11 is 1.61. The van der Waals surface area contributed by atoms with Gasteiger partial charge in [0.2, 0.25) is 0 Å². The van der Waals surface area contributed by atoms with E-state index in [0.717, 1.165) is 29.8 Å². The van der Waals surface area contributed by atoms with Crippen molar-refractivity contribution in [3.8, 4) is 0 Å². The number of benzene rings is 1. The zero-order chi connectivity index (χ0) is 18.6. The van der Waals surface area contributed by atoms with Crippen LogP contribution >= 0.6 is 35.3 Å². The smallest absolute Gasteiger partial charge is 0.191 e. The molecule has 0 aliphatic heterocycles. The number of thiophene rings is 1. The molecule has 2 rings (SSSR count). The van der Waals surface area contributed by atoms with Crippen LogP contribution in [0, 0.1) is 0 Å². The summed E-state index contributed by atoms with van der Waals surface area (Å²) < 4.78 is 11.6. The first-order valence-electron chi connectivity index (χ1n) is 9.00. The highest BCUT2D eigenvalue weighted by Crippen LogP contribution is 2.29. The van der Waals surface area contributed by atoms with Gasteiger partial charge in [0.1, 0.15) is 6.10 Å². The van der Waals surface area contributed by atoms with Gasteiger partial charge in [-0.1, -0.05) is 18.2 Å². The largest absolute Gasteiger partial charge is 0.386 e. The number of guanidine groups is 1. The molecular formula is C19H30IN3O3S. The molecule has 0 saturated carbocycles. The quantitative estimate of drug-likeness (QED) is 0.189. The van der Waals surface area contributed by atoms with Gasteiger partial charge >= 0.3 is 0 Å². The summed E-state index contributed by atoms with van der Waals surface area (Å²) in [5.74, 6) is 0.713. The molecule has 152 valence electrons. The number of methoxy groups -OCH3 is 1. The molecule has 1 aromatic carbocycles. The van der Waals surface area contributed by atoms with E-state index in [1.807, 2.05) is 25.1 Å². The number of nitrogens with one attached hydrogen (secondary N) is 2. The number of hydrogen-bond acceptors (Lipinski definition) is 5. The van der Waals surface area contributed by atoms with Crippen LogP contribution in [0.25, 0.3) is 10.1 Å². The first-order valence-corrected chi connectivity index (χ1v) is 9.81. The Morgan fingerprint density at radius 1 is 1.22 bits per heavy atom. The number of fused-ring (bicyclic) bond motifs is 1. The van der Waals surface area contributed by atoms with Gasteiger partial charge in [0.25, 0.3) is 0 Å². The highest BCUT2D eigenvalue weighted by atomic mass is 127. The average molecular weight is 507 g/mol. The monoisotopic (exact) mass is 507 g/mol. The van der Waals surface area contributed by atoms with E-state index >= 15 is 0 Å². The lowest BCUT2D eigenvalue weighted by atomic mass is 10.2. The maximum Gasteiger partial charge on any atom is 0.191 e. The first kappa shape index (κ1) is 24.1. The third kappa shape index (κ3) is 8.73. The number of hydrogen-bond donors (Lipinski definition) is 3. The van der Waals surface area contributed by atoms with Gasteiger partial charge in [0.15, 0.2) is 5.96 Å². The van der Waals surface area contributed by atoms with Crippen molar-refractivity contribution in [3.05, 3.63) is 35.2 Å². The second kappa shape index (κ2) is 14.1. The fourth-order valence-corrected chi connectivity index (χ4v) is 3.44. The third-order valence-electron chi connectivity index (χ3n) is 3.73. The number of ether oxygens (including phenoxy) is 2. The number of rotatable bonds is 11. The van der Waals surface area contributed by atoms with Gasteiger partial charge in [-0.25, -0.2) is 0 Å². The molecule has 2 aromatic rings. The zero-order valence-electron chi connectivity index (χ0n) is 15.9. The molecule has 1 aromatic heterocycles. The lowest BCUT2D eigenvalue weighted by Gasteiger charge is -2.12. The van der Waals surface area contributed by atoms with Crippen LogP contribution < -0.4 is 10.6 Å². The Morgan fingerprint density at radius 2 is 2.04 bits per heavy atom. The molecular weight excluding hydrogens is 477 g/mol. The van der Waals surface area contributed by atoms with Crippen LogP contribution in [0.4, 0.5) is 0 Å². The number of halogens is 1. The maximum atomic E-state index is 10.4. The van der Waals surface area contributed by atoms with E-state index in [9.17, 15) is 5.11 Å². The summed E-state index contributed by atoms with van der Waals surface area (Å²) in [6.45, 7) is 5.80. The van der Waals surface area contributed by atoms with Crippen molar-refractivity contribution in [2.24, 2.45) is 4.99 Å². The van der Waals surface area contributed by atoms with Crippen molar-refractivity contribution in [3.63, 3.8) is 0 Å². The Hall–Kier alpha value is -0.940. The van der Waals surface area contributed by atoms with E-state index in [2.05, 4.69) is 27.8 Å². The molecule has 6 nitrogen and oxygen atoms in total. The van der Waals surface area contributed by atoms with E-state index < -0.39 is 6.10 Å². The predicted molar refractivity (Wildman–Crippen MR) is 123 cm³/mol. The van der Waals surface area contributed by atoms with Crippen LogP contribution in [-0.4, -0.2) is 57.6 Å².